The van der Waals surface area contributed by atoms with Crippen molar-refractivity contribution in [1.82, 2.24) is 10.2 Å². The molecule has 5 nitrogen and oxygen atoms in total. The predicted molar refractivity (Wildman–Crippen MR) is 66.7 cm³/mol. The monoisotopic (exact) mass is 243 g/mol. The van der Waals surface area contributed by atoms with Gasteiger partial charge in [-0.25, -0.2) is 0 Å². The van der Waals surface area contributed by atoms with Crippen LogP contribution < -0.4 is 10.1 Å². The quantitative estimate of drug-likeness (QED) is 0.846. The maximum absolute atomic E-state index is 11.8. The maximum Gasteiger partial charge on any atom is 0.225 e. The van der Waals surface area contributed by atoms with Crippen molar-refractivity contribution in [2.45, 2.75) is 12.3 Å². The number of nitrogens with one attached hydrogen (secondary N) is 2. The number of anilines is 1. The van der Waals surface area contributed by atoms with Gasteiger partial charge in [0.2, 0.25) is 5.91 Å². The Kier molecular flexibility index (Phi) is 2.51. The van der Waals surface area contributed by atoms with Crippen LogP contribution in [0.1, 0.15) is 23.6 Å². The van der Waals surface area contributed by atoms with Crippen LogP contribution in [0.25, 0.3) is 0 Å². The first-order valence-electron chi connectivity index (χ1n) is 5.75. The summed E-state index contributed by atoms with van der Waals surface area (Å²) in [5, 5.41) is 9.76. The molecule has 0 radical (unpaired) electrons. The number of aromatic nitrogens is 2. The van der Waals surface area contributed by atoms with E-state index in [1.54, 1.807) is 13.3 Å². The van der Waals surface area contributed by atoms with E-state index in [1.165, 1.54) is 0 Å². The molecule has 2 heterocycles. The fourth-order valence-corrected chi connectivity index (χ4v) is 2.37. The lowest BCUT2D eigenvalue weighted by atomic mass is 9.88. The molecule has 0 saturated carbocycles. The summed E-state index contributed by atoms with van der Waals surface area (Å²) in [7, 11) is 1.60. The van der Waals surface area contributed by atoms with Crippen LogP contribution in [-0.4, -0.2) is 23.2 Å². The SMILES string of the molecule is COc1cccc2c1NC(=O)CC2c1ccn[nH]1. The number of hydrogen-bond donors (Lipinski definition) is 2. The first-order valence-corrected chi connectivity index (χ1v) is 5.75. The minimum atomic E-state index is -0.00778. The third kappa shape index (κ3) is 1.64. The summed E-state index contributed by atoms with van der Waals surface area (Å²) in [5.41, 5.74) is 2.76. The zero-order chi connectivity index (χ0) is 12.5. The Morgan fingerprint density at radius 3 is 3.00 bits per heavy atom. The van der Waals surface area contributed by atoms with Crippen LogP contribution in [0.2, 0.25) is 0 Å². The molecule has 2 aromatic rings. The van der Waals surface area contributed by atoms with Crippen molar-refractivity contribution < 1.29 is 9.53 Å². The molecule has 0 aliphatic carbocycles. The fraction of sp³-hybridized carbons (Fsp3) is 0.231. The van der Waals surface area contributed by atoms with Crippen molar-refractivity contribution in [3.63, 3.8) is 0 Å². The van der Waals surface area contributed by atoms with E-state index in [0.717, 1.165) is 16.9 Å². The highest BCUT2D eigenvalue weighted by Crippen LogP contribution is 2.40. The summed E-state index contributed by atoms with van der Waals surface area (Å²) in [6.07, 6.45) is 2.12. The molecule has 5 heteroatoms. The highest BCUT2D eigenvalue weighted by atomic mass is 16.5. The van der Waals surface area contributed by atoms with Crippen LogP contribution in [0, 0.1) is 0 Å². The number of benzene rings is 1. The van der Waals surface area contributed by atoms with E-state index in [9.17, 15) is 4.79 Å². The summed E-state index contributed by atoms with van der Waals surface area (Å²) in [6, 6.07) is 7.67. The normalized spacial score (nSPS) is 18.1. The third-order valence-corrected chi connectivity index (χ3v) is 3.21. The van der Waals surface area contributed by atoms with Crippen molar-refractivity contribution >= 4 is 11.6 Å². The number of fused-ring (bicyclic) bond motifs is 1. The minimum Gasteiger partial charge on any atom is -0.495 e. The summed E-state index contributed by atoms with van der Waals surface area (Å²) in [4.78, 5) is 11.8. The molecule has 0 saturated heterocycles. The molecule has 1 aromatic carbocycles. The highest BCUT2D eigenvalue weighted by Gasteiger charge is 2.29. The second-order valence-electron chi connectivity index (χ2n) is 4.24. The fourth-order valence-electron chi connectivity index (χ4n) is 2.37. The molecule has 3 rings (SSSR count). The van der Waals surface area contributed by atoms with Gasteiger partial charge >= 0.3 is 0 Å². The topological polar surface area (TPSA) is 67.0 Å². The van der Waals surface area contributed by atoms with Crippen LogP contribution in [0.15, 0.2) is 30.5 Å². The number of amides is 1. The number of para-hydroxylation sites is 1. The number of carbonyl (C=O) groups is 1. The second-order valence-corrected chi connectivity index (χ2v) is 4.24. The molecule has 1 aliphatic rings. The molecule has 2 N–H and O–H groups in total. The summed E-state index contributed by atoms with van der Waals surface area (Å²) in [5.74, 6) is 0.683. The minimum absolute atomic E-state index is 0.00588. The molecule has 18 heavy (non-hydrogen) atoms. The van der Waals surface area contributed by atoms with Gasteiger partial charge in [-0.2, -0.15) is 5.10 Å². The lowest BCUT2D eigenvalue weighted by Crippen LogP contribution is -2.24. The Hall–Kier alpha value is -2.30. The number of aromatic amines is 1. The summed E-state index contributed by atoms with van der Waals surface area (Å²) < 4.78 is 5.29. The maximum atomic E-state index is 11.8. The average Bonchev–Trinajstić information content (AvgIpc) is 2.90. The Balaban J connectivity index is 2.13. The summed E-state index contributed by atoms with van der Waals surface area (Å²) >= 11 is 0. The van der Waals surface area contributed by atoms with Gasteiger partial charge in [0.25, 0.3) is 0 Å². The van der Waals surface area contributed by atoms with Gasteiger partial charge in [0.05, 0.1) is 12.8 Å². The number of rotatable bonds is 2. The van der Waals surface area contributed by atoms with E-state index in [0.29, 0.717) is 12.2 Å². The molecule has 1 aromatic heterocycles. The molecular formula is C13H13N3O2. The van der Waals surface area contributed by atoms with E-state index >= 15 is 0 Å². The zero-order valence-corrected chi connectivity index (χ0v) is 9.93. The van der Waals surface area contributed by atoms with Crippen LogP contribution in [0.3, 0.4) is 0 Å². The van der Waals surface area contributed by atoms with Crippen LogP contribution in [0.5, 0.6) is 5.75 Å². The Morgan fingerprint density at radius 1 is 1.39 bits per heavy atom. The number of H-pyrrole nitrogens is 1. The van der Waals surface area contributed by atoms with Gasteiger partial charge in [-0.1, -0.05) is 12.1 Å². The van der Waals surface area contributed by atoms with Gasteiger partial charge < -0.3 is 10.1 Å². The molecule has 0 bridgehead atoms. The first kappa shape index (κ1) is 10.8. The van der Waals surface area contributed by atoms with Crippen LogP contribution in [0.4, 0.5) is 5.69 Å². The van der Waals surface area contributed by atoms with Gasteiger partial charge in [0, 0.05) is 24.2 Å². The predicted octanol–water partition coefficient (Wildman–Crippen LogP) is 1.89. The van der Waals surface area contributed by atoms with Gasteiger partial charge in [-0.05, 0) is 17.7 Å². The molecule has 1 atom stereocenters. The van der Waals surface area contributed by atoms with Crippen molar-refractivity contribution in [2.75, 3.05) is 12.4 Å². The Bertz CT molecular complexity index is 578. The number of methoxy groups -OCH3 is 1. The van der Waals surface area contributed by atoms with Gasteiger partial charge in [-0.15, -0.1) is 0 Å². The second kappa shape index (κ2) is 4.18. The van der Waals surface area contributed by atoms with Gasteiger partial charge in [-0.3, -0.25) is 9.89 Å². The van der Waals surface area contributed by atoms with Crippen LogP contribution >= 0.6 is 0 Å². The number of ether oxygens (including phenoxy) is 1. The van der Waals surface area contributed by atoms with Crippen molar-refractivity contribution in [2.24, 2.45) is 0 Å². The van der Waals surface area contributed by atoms with E-state index in [4.69, 9.17) is 4.74 Å². The lowest BCUT2D eigenvalue weighted by Gasteiger charge is -2.26. The third-order valence-electron chi connectivity index (χ3n) is 3.21. The smallest absolute Gasteiger partial charge is 0.225 e. The van der Waals surface area contributed by atoms with E-state index < -0.39 is 0 Å². The standard InChI is InChI=1S/C13H13N3O2/c1-18-11-4-2-3-8-9(10-5-6-14-16-10)7-12(17)15-13(8)11/h2-6,9H,7H2,1H3,(H,14,16)(H,15,17). The molecule has 92 valence electrons. The summed E-state index contributed by atoms with van der Waals surface area (Å²) in [6.45, 7) is 0. The molecule has 1 unspecified atom stereocenters. The van der Waals surface area contributed by atoms with E-state index in [-0.39, 0.29) is 11.8 Å². The van der Waals surface area contributed by atoms with Crippen LogP contribution in [-0.2, 0) is 4.79 Å². The Labute approximate surface area is 104 Å². The average molecular weight is 243 g/mol. The Morgan fingerprint density at radius 2 is 2.28 bits per heavy atom. The molecule has 1 amide bonds. The largest absolute Gasteiger partial charge is 0.495 e. The van der Waals surface area contributed by atoms with Crippen molar-refractivity contribution in [1.29, 1.82) is 0 Å². The lowest BCUT2D eigenvalue weighted by molar-refractivity contribution is -0.116. The van der Waals surface area contributed by atoms with Crippen molar-refractivity contribution in [3.8, 4) is 5.75 Å². The molecular weight excluding hydrogens is 230 g/mol. The number of nitrogens with zero attached hydrogens (tertiary/aromatic N) is 1. The highest BCUT2D eigenvalue weighted by molar-refractivity contribution is 5.97. The van der Waals surface area contributed by atoms with Gasteiger partial charge in [0.1, 0.15) is 5.75 Å². The van der Waals surface area contributed by atoms with E-state index in [2.05, 4.69) is 15.5 Å². The molecule has 0 spiro atoms. The number of hydrogen-bond acceptors (Lipinski definition) is 3. The zero-order valence-electron chi connectivity index (χ0n) is 9.93. The first-order chi connectivity index (χ1) is 8.79. The molecule has 0 fully saturated rings. The molecule has 1 aliphatic heterocycles. The number of carbonyl (C=O) groups excluding carboxylic acids is 1. The van der Waals surface area contributed by atoms with Gasteiger partial charge in [0.15, 0.2) is 0 Å². The van der Waals surface area contributed by atoms with Crippen molar-refractivity contribution in [3.05, 3.63) is 41.7 Å². The van der Waals surface area contributed by atoms with E-state index in [1.807, 2.05) is 24.3 Å².